The molecule has 0 rings (SSSR count). The average molecular weight is 173 g/mol. The maximum Gasteiger partial charge on any atom is 0.0546 e. The molecular formula is C10H23NO. The van der Waals surface area contributed by atoms with Gasteiger partial charge in [0.25, 0.3) is 0 Å². The summed E-state index contributed by atoms with van der Waals surface area (Å²) in [5, 5.41) is 3.27. The van der Waals surface area contributed by atoms with Crippen molar-refractivity contribution < 1.29 is 4.74 Å². The van der Waals surface area contributed by atoms with Crippen molar-refractivity contribution in [1.29, 1.82) is 0 Å². The van der Waals surface area contributed by atoms with Crippen molar-refractivity contribution in [2.75, 3.05) is 19.7 Å². The molecule has 74 valence electrons. The normalized spacial score (nSPS) is 13.2. The minimum absolute atomic E-state index is 0.441. The molecule has 1 unspecified atom stereocenters. The predicted octanol–water partition coefficient (Wildman–Crippen LogP) is 2.19. The van der Waals surface area contributed by atoms with Gasteiger partial charge in [-0.1, -0.05) is 20.3 Å². The van der Waals surface area contributed by atoms with E-state index in [1.165, 1.54) is 12.8 Å². The van der Waals surface area contributed by atoms with Crippen molar-refractivity contribution in [2.45, 2.75) is 46.1 Å². The first-order valence-electron chi connectivity index (χ1n) is 5.13. The molecule has 0 bridgehead atoms. The van der Waals surface area contributed by atoms with Crippen LogP contribution in [0.1, 0.15) is 40.0 Å². The van der Waals surface area contributed by atoms with Gasteiger partial charge in [0, 0.05) is 6.61 Å². The first-order valence-corrected chi connectivity index (χ1v) is 5.13. The molecule has 0 saturated carbocycles. The van der Waals surface area contributed by atoms with Crippen molar-refractivity contribution in [3.63, 3.8) is 0 Å². The SMILES string of the molecule is CCCC(C)OCCCNCC. The van der Waals surface area contributed by atoms with Crippen LogP contribution in [-0.4, -0.2) is 25.8 Å². The molecule has 0 aromatic carbocycles. The molecule has 0 heterocycles. The van der Waals surface area contributed by atoms with Crippen LogP contribution in [0.5, 0.6) is 0 Å². The first-order chi connectivity index (χ1) is 5.81. The van der Waals surface area contributed by atoms with Gasteiger partial charge in [-0.15, -0.1) is 0 Å². The summed E-state index contributed by atoms with van der Waals surface area (Å²) in [7, 11) is 0. The van der Waals surface area contributed by atoms with Crippen molar-refractivity contribution in [2.24, 2.45) is 0 Å². The summed E-state index contributed by atoms with van der Waals surface area (Å²) in [6.07, 6.45) is 3.97. The third-order valence-corrected chi connectivity index (χ3v) is 1.85. The van der Waals surface area contributed by atoms with E-state index in [4.69, 9.17) is 4.74 Å². The Labute approximate surface area is 76.7 Å². The molecule has 0 aliphatic heterocycles. The maximum absolute atomic E-state index is 5.59. The van der Waals surface area contributed by atoms with E-state index in [1.54, 1.807) is 0 Å². The Bertz CT molecular complexity index is 85.9. The van der Waals surface area contributed by atoms with Crippen molar-refractivity contribution in [3.8, 4) is 0 Å². The summed E-state index contributed by atoms with van der Waals surface area (Å²) in [6, 6.07) is 0. The number of hydrogen-bond acceptors (Lipinski definition) is 2. The topological polar surface area (TPSA) is 21.3 Å². The third kappa shape index (κ3) is 8.02. The van der Waals surface area contributed by atoms with E-state index < -0.39 is 0 Å². The summed E-state index contributed by atoms with van der Waals surface area (Å²) < 4.78 is 5.59. The number of nitrogens with one attached hydrogen (secondary N) is 1. The highest BCUT2D eigenvalue weighted by atomic mass is 16.5. The fraction of sp³-hybridized carbons (Fsp3) is 1.00. The van der Waals surface area contributed by atoms with Gasteiger partial charge in [-0.05, 0) is 32.9 Å². The largest absolute Gasteiger partial charge is 0.378 e. The van der Waals surface area contributed by atoms with E-state index in [0.29, 0.717) is 6.10 Å². The van der Waals surface area contributed by atoms with Gasteiger partial charge in [0.15, 0.2) is 0 Å². The highest BCUT2D eigenvalue weighted by Gasteiger charge is 1.98. The number of ether oxygens (including phenoxy) is 1. The van der Waals surface area contributed by atoms with Crippen molar-refractivity contribution in [3.05, 3.63) is 0 Å². The molecule has 2 heteroatoms. The Morgan fingerprint density at radius 2 is 2.08 bits per heavy atom. The molecule has 0 saturated heterocycles. The third-order valence-electron chi connectivity index (χ3n) is 1.85. The summed E-state index contributed by atoms with van der Waals surface area (Å²) in [6.45, 7) is 9.50. The van der Waals surface area contributed by atoms with Gasteiger partial charge in [0.2, 0.25) is 0 Å². The van der Waals surface area contributed by atoms with Crippen molar-refractivity contribution >= 4 is 0 Å². The average Bonchev–Trinajstić information content (AvgIpc) is 2.05. The molecular weight excluding hydrogens is 150 g/mol. The lowest BCUT2D eigenvalue weighted by Gasteiger charge is -2.11. The molecule has 0 spiro atoms. The number of hydrogen-bond donors (Lipinski definition) is 1. The van der Waals surface area contributed by atoms with Crippen LogP contribution >= 0.6 is 0 Å². The molecule has 0 radical (unpaired) electrons. The van der Waals surface area contributed by atoms with E-state index in [0.717, 1.165) is 26.1 Å². The van der Waals surface area contributed by atoms with Crippen LogP contribution in [0, 0.1) is 0 Å². The zero-order valence-electron chi connectivity index (χ0n) is 8.73. The quantitative estimate of drug-likeness (QED) is 0.568. The first kappa shape index (κ1) is 11.9. The van der Waals surface area contributed by atoms with Gasteiger partial charge in [0.05, 0.1) is 6.10 Å². The second kappa shape index (κ2) is 9.01. The Morgan fingerprint density at radius 3 is 2.67 bits per heavy atom. The minimum atomic E-state index is 0.441. The zero-order chi connectivity index (χ0) is 9.23. The highest BCUT2D eigenvalue weighted by Crippen LogP contribution is 2.00. The van der Waals surface area contributed by atoms with Crippen LogP contribution in [0.3, 0.4) is 0 Å². The second-order valence-electron chi connectivity index (χ2n) is 3.18. The minimum Gasteiger partial charge on any atom is -0.378 e. The lowest BCUT2D eigenvalue weighted by molar-refractivity contribution is 0.0584. The van der Waals surface area contributed by atoms with Crippen LogP contribution in [0.2, 0.25) is 0 Å². The summed E-state index contributed by atoms with van der Waals surface area (Å²) in [5.74, 6) is 0. The molecule has 1 N–H and O–H groups in total. The Morgan fingerprint density at radius 1 is 1.33 bits per heavy atom. The molecule has 0 aliphatic rings. The van der Waals surface area contributed by atoms with E-state index in [9.17, 15) is 0 Å². The molecule has 0 amide bonds. The smallest absolute Gasteiger partial charge is 0.0546 e. The van der Waals surface area contributed by atoms with Crippen LogP contribution in [0.15, 0.2) is 0 Å². The monoisotopic (exact) mass is 173 g/mol. The fourth-order valence-corrected chi connectivity index (χ4v) is 1.15. The van der Waals surface area contributed by atoms with Gasteiger partial charge in [-0.25, -0.2) is 0 Å². The van der Waals surface area contributed by atoms with Gasteiger partial charge in [0.1, 0.15) is 0 Å². The van der Waals surface area contributed by atoms with Gasteiger partial charge in [-0.2, -0.15) is 0 Å². The van der Waals surface area contributed by atoms with Crippen LogP contribution < -0.4 is 5.32 Å². The fourth-order valence-electron chi connectivity index (χ4n) is 1.15. The molecule has 0 aromatic heterocycles. The Hall–Kier alpha value is -0.0800. The summed E-state index contributed by atoms with van der Waals surface area (Å²) >= 11 is 0. The zero-order valence-corrected chi connectivity index (χ0v) is 8.73. The lowest BCUT2D eigenvalue weighted by Crippen LogP contribution is -2.17. The van der Waals surface area contributed by atoms with Gasteiger partial charge in [-0.3, -0.25) is 0 Å². The van der Waals surface area contributed by atoms with Crippen molar-refractivity contribution in [1.82, 2.24) is 5.32 Å². The van der Waals surface area contributed by atoms with Crippen LogP contribution in [0.25, 0.3) is 0 Å². The molecule has 0 aromatic rings. The van der Waals surface area contributed by atoms with E-state index in [1.807, 2.05) is 0 Å². The van der Waals surface area contributed by atoms with Crippen LogP contribution in [-0.2, 0) is 4.74 Å². The highest BCUT2D eigenvalue weighted by molar-refractivity contribution is 4.49. The molecule has 0 fully saturated rings. The van der Waals surface area contributed by atoms with E-state index in [-0.39, 0.29) is 0 Å². The molecule has 12 heavy (non-hydrogen) atoms. The second-order valence-corrected chi connectivity index (χ2v) is 3.18. The standard InChI is InChI=1S/C10H23NO/c1-4-7-10(3)12-9-6-8-11-5-2/h10-11H,4-9H2,1-3H3. The summed E-state index contributed by atoms with van der Waals surface area (Å²) in [4.78, 5) is 0. The van der Waals surface area contributed by atoms with Gasteiger partial charge < -0.3 is 10.1 Å². The Kier molecular flexibility index (Phi) is 8.95. The lowest BCUT2D eigenvalue weighted by atomic mass is 10.2. The van der Waals surface area contributed by atoms with Crippen LogP contribution in [0.4, 0.5) is 0 Å². The number of rotatable bonds is 8. The molecule has 2 nitrogen and oxygen atoms in total. The molecule has 1 atom stereocenters. The predicted molar refractivity (Wildman–Crippen MR) is 53.5 cm³/mol. The van der Waals surface area contributed by atoms with E-state index in [2.05, 4.69) is 26.1 Å². The van der Waals surface area contributed by atoms with E-state index >= 15 is 0 Å². The maximum atomic E-state index is 5.59. The van der Waals surface area contributed by atoms with Gasteiger partial charge >= 0.3 is 0 Å². The summed E-state index contributed by atoms with van der Waals surface area (Å²) in [5.41, 5.74) is 0. The Balaban J connectivity index is 2.97. The molecule has 0 aliphatic carbocycles.